The van der Waals surface area contributed by atoms with Gasteiger partial charge in [0.15, 0.2) is 0 Å². The maximum atomic E-state index is 11.8. The summed E-state index contributed by atoms with van der Waals surface area (Å²) >= 11 is 5.67. The number of carbonyl (C=O) groups excluding carboxylic acids is 1. The van der Waals surface area contributed by atoms with Crippen LogP contribution < -0.4 is 5.32 Å². The Bertz CT molecular complexity index is 368. The zero-order valence-electron chi connectivity index (χ0n) is 8.72. The number of hydrogen-bond donors (Lipinski definition) is 1. The van der Waals surface area contributed by atoms with Gasteiger partial charge in [-0.3, -0.25) is 4.79 Å². The maximum Gasteiger partial charge on any atom is 0.251 e. The molecule has 1 aromatic rings. The Labute approximate surface area is 94.6 Å². The summed E-state index contributed by atoms with van der Waals surface area (Å²) in [5.41, 5.74) is 1.78. The summed E-state index contributed by atoms with van der Waals surface area (Å²) in [6, 6.07) is 7.41. The van der Waals surface area contributed by atoms with Crippen LogP contribution in [0.5, 0.6) is 0 Å². The summed E-state index contributed by atoms with van der Waals surface area (Å²) in [6.07, 6.45) is 2.16. The Morgan fingerprint density at radius 3 is 2.47 bits per heavy atom. The molecule has 0 spiro atoms. The molecule has 80 valence electrons. The molecular weight excluding hydrogens is 210 g/mol. The molecule has 1 amide bonds. The highest BCUT2D eigenvalue weighted by molar-refractivity contribution is 6.17. The Balaban J connectivity index is 2.05. The first-order valence-corrected chi connectivity index (χ1v) is 5.64. The van der Waals surface area contributed by atoms with Crippen molar-refractivity contribution in [1.82, 2.24) is 5.32 Å². The van der Waals surface area contributed by atoms with Gasteiger partial charge >= 0.3 is 0 Å². The molecule has 0 aromatic heterocycles. The fourth-order valence-corrected chi connectivity index (χ4v) is 1.58. The Morgan fingerprint density at radius 2 is 2.00 bits per heavy atom. The fraction of sp³-hybridized carbons (Fsp3) is 0.417. The molecule has 15 heavy (non-hydrogen) atoms. The van der Waals surface area contributed by atoms with Crippen LogP contribution in [0, 0.1) is 0 Å². The van der Waals surface area contributed by atoms with Crippen LogP contribution >= 0.6 is 11.6 Å². The minimum absolute atomic E-state index is 0.0103. The van der Waals surface area contributed by atoms with Crippen LogP contribution in [-0.2, 0) is 5.88 Å². The van der Waals surface area contributed by atoms with Crippen LogP contribution in [0.1, 0.15) is 35.7 Å². The van der Waals surface area contributed by atoms with E-state index in [1.165, 1.54) is 0 Å². The lowest BCUT2D eigenvalue weighted by Gasteiger charge is -2.11. The third kappa shape index (κ3) is 2.51. The van der Waals surface area contributed by atoms with E-state index in [0.29, 0.717) is 11.4 Å². The first kappa shape index (κ1) is 10.5. The van der Waals surface area contributed by atoms with Gasteiger partial charge in [0.25, 0.3) is 5.91 Å². The molecule has 1 aromatic carbocycles. The normalized spacial score (nSPS) is 17.2. The lowest BCUT2D eigenvalue weighted by atomic mass is 10.1. The van der Waals surface area contributed by atoms with E-state index in [9.17, 15) is 4.79 Å². The lowest BCUT2D eigenvalue weighted by Crippen LogP contribution is -2.34. The van der Waals surface area contributed by atoms with Gasteiger partial charge in [0.05, 0.1) is 0 Å². The van der Waals surface area contributed by atoms with Gasteiger partial charge in [-0.25, -0.2) is 0 Å². The number of hydrogen-bond acceptors (Lipinski definition) is 1. The van der Waals surface area contributed by atoms with E-state index >= 15 is 0 Å². The molecule has 0 radical (unpaired) electrons. The number of alkyl halides is 1. The quantitative estimate of drug-likeness (QED) is 0.785. The Hall–Kier alpha value is -1.02. The van der Waals surface area contributed by atoms with E-state index in [1.807, 2.05) is 24.3 Å². The summed E-state index contributed by atoms with van der Waals surface area (Å²) in [5, 5.41) is 3.01. The summed E-state index contributed by atoms with van der Waals surface area (Å²) in [4.78, 5) is 11.8. The van der Waals surface area contributed by atoms with E-state index in [4.69, 9.17) is 11.6 Å². The molecule has 1 saturated carbocycles. The van der Waals surface area contributed by atoms with Crippen LogP contribution in [-0.4, -0.2) is 11.4 Å². The highest BCUT2D eigenvalue weighted by Crippen LogP contribution is 2.34. The number of rotatable bonds is 3. The molecule has 2 nitrogen and oxygen atoms in total. The van der Waals surface area contributed by atoms with Crippen molar-refractivity contribution in [3.8, 4) is 0 Å². The topological polar surface area (TPSA) is 29.1 Å². The monoisotopic (exact) mass is 223 g/mol. The summed E-state index contributed by atoms with van der Waals surface area (Å²) < 4.78 is 0. The number of nitrogens with one attached hydrogen (secondary N) is 1. The zero-order chi connectivity index (χ0) is 10.9. The van der Waals surface area contributed by atoms with E-state index in [1.54, 1.807) is 0 Å². The first-order valence-electron chi connectivity index (χ1n) is 5.10. The molecule has 0 bridgehead atoms. The number of amides is 1. The first-order chi connectivity index (χ1) is 7.13. The molecule has 0 heterocycles. The van der Waals surface area contributed by atoms with Gasteiger partial charge in [0.1, 0.15) is 0 Å². The maximum absolute atomic E-state index is 11.8. The molecule has 1 fully saturated rings. The second kappa shape index (κ2) is 3.86. The van der Waals surface area contributed by atoms with Crippen molar-refractivity contribution in [1.29, 1.82) is 0 Å². The minimum atomic E-state index is 0.0103. The minimum Gasteiger partial charge on any atom is -0.347 e. The van der Waals surface area contributed by atoms with Crippen molar-refractivity contribution in [2.75, 3.05) is 0 Å². The molecule has 0 saturated heterocycles. The van der Waals surface area contributed by atoms with Gasteiger partial charge in [-0.1, -0.05) is 12.1 Å². The molecule has 1 aliphatic rings. The highest BCUT2D eigenvalue weighted by atomic mass is 35.5. The summed E-state index contributed by atoms with van der Waals surface area (Å²) in [5.74, 6) is 0.496. The predicted molar refractivity (Wildman–Crippen MR) is 61.1 cm³/mol. The molecule has 0 atom stereocenters. The van der Waals surface area contributed by atoms with Gasteiger partial charge in [0.2, 0.25) is 0 Å². The molecule has 1 aliphatic carbocycles. The van der Waals surface area contributed by atoms with Crippen molar-refractivity contribution in [3.05, 3.63) is 35.4 Å². The molecular formula is C12H14ClNO. The standard InChI is InChI=1S/C12H14ClNO/c1-12(6-7-12)14-11(15)10-4-2-9(8-13)3-5-10/h2-5H,6-8H2,1H3,(H,14,15). The summed E-state index contributed by atoms with van der Waals surface area (Å²) in [7, 11) is 0. The van der Waals surface area contributed by atoms with Crippen LogP contribution in [0.4, 0.5) is 0 Å². The van der Waals surface area contributed by atoms with E-state index in [2.05, 4.69) is 12.2 Å². The second-order valence-corrected chi connectivity index (χ2v) is 4.61. The van der Waals surface area contributed by atoms with Gasteiger partial charge in [-0.2, -0.15) is 0 Å². The van der Waals surface area contributed by atoms with E-state index < -0.39 is 0 Å². The van der Waals surface area contributed by atoms with Crippen molar-refractivity contribution in [3.63, 3.8) is 0 Å². The van der Waals surface area contributed by atoms with Crippen LogP contribution in [0.15, 0.2) is 24.3 Å². The second-order valence-electron chi connectivity index (χ2n) is 4.35. The number of halogens is 1. The van der Waals surface area contributed by atoms with E-state index in [0.717, 1.165) is 18.4 Å². The predicted octanol–water partition coefficient (Wildman–Crippen LogP) is 2.71. The molecule has 0 aliphatic heterocycles. The lowest BCUT2D eigenvalue weighted by molar-refractivity contribution is 0.0935. The largest absolute Gasteiger partial charge is 0.347 e. The van der Waals surface area contributed by atoms with Gasteiger partial charge < -0.3 is 5.32 Å². The van der Waals surface area contributed by atoms with Crippen LogP contribution in [0.3, 0.4) is 0 Å². The van der Waals surface area contributed by atoms with E-state index in [-0.39, 0.29) is 11.4 Å². The zero-order valence-corrected chi connectivity index (χ0v) is 9.47. The fourth-order valence-electron chi connectivity index (χ4n) is 1.40. The van der Waals surface area contributed by atoms with Gasteiger partial charge in [-0.05, 0) is 37.5 Å². The van der Waals surface area contributed by atoms with Crippen LogP contribution in [0.2, 0.25) is 0 Å². The average Bonchev–Trinajstić information content (AvgIpc) is 2.96. The van der Waals surface area contributed by atoms with Crippen molar-refractivity contribution in [2.24, 2.45) is 0 Å². The Kier molecular flexibility index (Phi) is 2.70. The molecule has 3 heteroatoms. The summed E-state index contributed by atoms with van der Waals surface area (Å²) in [6.45, 7) is 2.07. The average molecular weight is 224 g/mol. The molecule has 2 rings (SSSR count). The van der Waals surface area contributed by atoms with Crippen LogP contribution in [0.25, 0.3) is 0 Å². The number of carbonyl (C=O) groups is 1. The smallest absolute Gasteiger partial charge is 0.251 e. The van der Waals surface area contributed by atoms with Crippen molar-refractivity contribution >= 4 is 17.5 Å². The van der Waals surface area contributed by atoms with Gasteiger partial charge in [0, 0.05) is 17.0 Å². The third-order valence-electron chi connectivity index (χ3n) is 2.79. The van der Waals surface area contributed by atoms with Gasteiger partial charge in [-0.15, -0.1) is 11.6 Å². The van der Waals surface area contributed by atoms with Crippen molar-refractivity contribution < 1.29 is 4.79 Å². The Morgan fingerprint density at radius 1 is 1.40 bits per heavy atom. The third-order valence-corrected chi connectivity index (χ3v) is 3.09. The SMILES string of the molecule is CC1(NC(=O)c2ccc(CCl)cc2)CC1. The molecule has 1 N–H and O–H groups in total. The highest BCUT2D eigenvalue weighted by Gasteiger charge is 2.38. The van der Waals surface area contributed by atoms with Crippen molar-refractivity contribution in [2.45, 2.75) is 31.2 Å². The number of benzene rings is 1. The molecule has 0 unspecified atom stereocenters.